The third kappa shape index (κ3) is 1.69. The van der Waals surface area contributed by atoms with Crippen molar-refractivity contribution in [3.05, 3.63) is 28.2 Å². The van der Waals surface area contributed by atoms with E-state index in [-0.39, 0.29) is 5.41 Å². The van der Waals surface area contributed by atoms with Gasteiger partial charge in [-0.1, -0.05) is 32.4 Å². The van der Waals surface area contributed by atoms with Crippen molar-refractivity contribution in [1.29, 1.82) is 0 Å². The first-order chi connectivity index (χ1) is 7.30. The number of rotatable bonds is 0. The number of hydrogen-bond acceptors (Lipinski definition) is 2. The number of halogens is 1. The van der Waals surface area contributed by atoms with E-state index in [0.717, 1.165) is 22.6 Å². The quantitative estimate of drug-likeness (QED) is 0.658. The molecule has 0 atom stereocenters. The maximum atomic E-state index is 6.26. The summed E-state index contributed by atoms with van der Waals surface area (Å²) in [4.78, 5) is 4.49. The van der Waals surface area contributed by atoms with Gasteiger partial charge in [-0.2, -0.15) is 5.10 Å². The summed E-state index contributed by atoms with van der Waals surface area (Å²) >= 11 is 6.26. The first kappa shape index (κ1) is 11.4. The highest BCUT2D eigenvalue weighted by Crippen LogP contribution is 2.25. The molecule has 4 heteroatoms. The van der Waals surface area contributed by atoms with E-state index in [1.807, 2.05) is 19.9 Å². The molecular formula is C12H16ClN3. The third-order valence-corrected chi connectivity index (χ3v) is 3.22. The first-order valence-electron chi connectivity index (χ1n) is 5.33. The van der Waals surface area contributed by atoms with Gasteiger partial charge >= 0.3 is 0 Å². The van der Waals surface area contributed by atoms with Crippen LogP contribution in [-0.2, 0) is 5.41 Å². The lowest BCUT2D eigenvalue weighted by atomic mass is 9.93. The van der Waals surface area contributed by atoms with E-state index < -0.39 is 0 Å². The van der Waals surface area contributed by atoms with Crippen LogP contribution in [0.4, 0.5) is 0 Å². The van der Waals surface area contributed by atoms with Crippen LogP contribution in [0.3, 0.4) is 0 Å². The van der Waals surface area contributed by atoms with Gasteiger partial charge in [-0.3, -0.25) is 0 Å². The monoisotopic (exact) mass is 237 g/mol. The van der Waals surface area contributed by atoms with Crippen LogP contribution in [0.2, 0.25) is 5.15 Å². The average molecular weight is 238 g/mol. The normalized spacial score (nSPS) is 12.4. The molecule has 0 N–H and O–H groups in total. The molecule has 0 amide bonds. The Morgan fingerprint density at radius 3 is 2.44 bits per heavy atom. The zero-order valence-corrected chi connectivity index (χ0v) is 11.1. The molecule has 2 aromatic rings. The highest BCUT2D eigenvalue weighted by molar-refractivity contribution is 6.30. The molecule has 0 saturated heterocycles. The second-order valence-corrected chi connectivity index (χ2v) is 5.52. The summed E-state index contributed by atoms with van der Waals surface area (Å²) in [5.41, 5.74) is 3.78. The van der Waals surface area contributed by atoms with Crippen LogP contribution in [0, 0.1) is 13.8 Å². The molecule has 86 valence electrons. The largest absolute Gasteiger partial charge is 0.233 e. The second kappa shape index (κ2) is 3.45. The Morgan fingerprint density at radius 1 is 1.25 bits per heavy atom. The molecule has 3 nitrogen and oxygen atoms in total. The maximum absolute atomic E-state index is 6.26. The standard InChI is InChI=1S/C12H16ClN3/c1-7-8(2)14-10-6-9(12(3,4)5)15-16(10)11(7)13/h6H,1-5H3. The lowest BCUT2D eigenvalue weighted by Crippen LogP contribution is -2.12. The summed E-state index contributed by atoms with van der Waals surface area (Å²) < 4.78 is 1.71. The Balaban J connectivity index is 2.77. The fourth-order valence-corrected chi connectivity index (χ4v) is 1.79. The fraction of sp³-hybridized carbons (Fsp3) is 0.500. The molecule has 0 bridgehead atoms. The van der Waals surface area contributed by atoms with Crippen LogP contribution in [-0.4, -0.2) is 14.6 Å². The molecule has 0 aliphatic rings. The van der Waals surface area contributed by atoms with E-state index in [2.05, 4.69) is 30.9 Å². The molecule has 0 aliphatic heterocycles. The summed E-state index contributed by atoms with van der Waals surface area (Å²) in [6.07, 6.45) is 0. The summed E-state index contributed by atoms with van der Waals surface area (Å²) in [5, 5.41) is 5.16. The molecule has 16 heavy (non-hydrogen) atoms. The van der Waals surface area contributed by atoms with Crippen molar-refractivity contribution in [2.75, 3.05) is 0 Å². The first-order valence-corrected chi connectivity index (χ1v) is 5.71. The third-order valence-electron chi connectivity index (χ3n) is 2.78. The molecule has 0 fully saturated rings. The number of aryl methyl sites for hydroxylation is 1. The Labute approximate surface area is 100 Å². The van der Waals surface area contributed by atoms with Gasteiger partial charge in [-0.15, -0.1) is 0 Å². The lowest BCUT2D eigenvalue weighted by Gasteiger charge is -2.13. The molecule has 0 unspecified atom stereocenters. The van der Waals surface area contributed by atoms with Gasteiger partial charge in [0.2, 0.25) is 0 Å². The van der Waals surface area contributed by atoms with Crippen LogP contribution in [0.5, 0.6) is 0 Å². The highest BCUT2D eigenvalue weighted by Gasteiger charge is 2.19. The molecule has 0 aromatic carbocycles. The van der Waals surface area contributed by atoms with Crippen LogP contribution >= 0.6 is 11.6 Å². The lowest BCUT2D eigenvalue weighted by molar-refractivity contribution is 0.562. The van der Waals surface area contributed by atoms with Crippen LogP contribution in [0.25, 0.3) is 5.65 Å². The molecule has 0 radical (unpaired) electrons. The predicted molar refractivity (Wildman–Crippen MR) is 66.2 cm³/mol. The number of aromatic nitrogens is 3. The van der Waals surface area contributed by atoms with Crippen LogP contribution < -0.4 is 0 Å². The van der Waals surface area contributed by atoms with E-state index in [9.17, 15) is 0 Å². The van der Waals surface area contributed by atoms with E-state index in [1.165, 1.54) is 0 Å². The predicted octanol–water partition coefficient (Wildman–Crippen LogP) is 3.30. The Bertz CT molecular complexity index is 549. The van der Waals surface area contributed by atoms with Crippen molar-refractivity contribution in [3.8, 4) is 0 Å². The smallest absolute Gasteiger partial charge is 0.157 e. The van der Waals surface area contributed by atoms with Gasteiger partial charge in [0.25, 0.3) is 0 Å². The fourth-order valence-electron chi connectivity index (χ4n) is 1.53. The topological polar surface area (TPSA) is 30.2 Å². The van der Waals surface area contributed by atoms with Gasteiger partial charge in [0.1, 0.15) is 5.15 Å². The van der Waals surface area contributed by atoms with Gasteiger partial charge in [-0.25, -0.2) is 9.50 Å². The van der Waals surface area contributed by atoms with Crippen molar-refractivity contribution in [2.45, 2.75) is 40.0 Å². The minimum absolute atomic E-state index is 0.0127. The molecule has 2 heterocycles. The zero-order valence-electron chi connectivity index (χ0n) is 10.3. The maximum Gasteiger partial charge on any atom is 0.157 e. The van der Waals surface area contributed by atoms with Gasteiger partial charge in [0.15, 0.2) is 5.65 Å². The van der Waals surface area contributed by atoms with Gasteiger partial charge < -0.3 is 0 Å². The summed E-state index contributed by atoms with van der Waals surface area (Å²) in [6.45, 7) is 10.3. The van der Waals surface area contributed by atoms with E-state index in [1.54, 1.807) is 4.52 Å². The summed E-state index contributed by atoms with van der Waals surface area (Å²) in [6, 6.07) is 2.00. The summed E-state index contributed by atoms with van der Waals surface area (Å²) in [7, 11) is 0. The number of hydrogen-bond donors (Lipinski definition) is 0. The van der Waals surface area contributed by atoms with E-state index in [4.69, 9.17) is 11.6 Å². The van der Waals surface area contributed by atoms with Crippen LogP contribution in [0.15, 0.2) is 6.07 Å². The number of nitrogens with zero attached hydrogens (tertiary/aromatic N) is 3. The molecule has 2 aromatic heterocycles. The minimum Gasteiger partial charge on any atom is -0.233 e. The second-order valence-electron chi connectivity index (χ2n) is 5.16. The van der Waals surface area contributed by atoms with Crippen molar-refractivity contribution < 1.29 is 0 Å². The van der Waals surface area contributed by atoms with Gasteiger partial charge in [0.05, 0.1) is 5.69 Å². The van der Waals surface area contributed by atoms with Gasteiger partial charge in [-0.05, 0) is 13.8 Å². The number of fused-ring (bicyclic) bond motifs is 1. The van der Waals surface area contributed by atoms with Crippen molar-refractivity contribution in [1.82, 2.24) is 14.6 Å². The molecule has 0 saturated carbocycles. The van der Waals surface area contributed by atoms with E-state index in [0.29, 0.717) is 5.15 Å². The molecule has 0 spiro atoms. The van der Waals surface area contributed by atoms with Crippen molar-refractivity contribution >= 4 is 17.2 Å². The minimum atomic E-state index is 0.0127. The van der Waals surface area contributed by atoms with Crippen LogP contribution in [0.1, 0.15) is 37.7 Å². The Hall–Kier alpha value is -1.09. The molecule has 0 aliphatic carbocycles. The average Bonchev–Trinajstić information content (AvgIpc) is 2.57. The molecule has 2 rings (SSSR count). The van der Waals surface area contributed by atoms with Gasteiger partial charge in [0, 0.05) is 22.7 Å². The Morgan fingerprint density at radius 2 is 1.88 bits per heavy atom. The Kier molecular flexibility index (Phi) is 2.46. The zero-order chi connectivity index (χ0) is 12.1. The van der Waals surface area contributed by atoms with E-state index >= 15 is 0 Å². The van der Waals surface area contributed by atoms with Crippen molar-refractivity contribution in [3.63, 3.8) is 0 Å². The highest BCUT2D eigenvalue weighted by atomic mass is 35.5. The van der Waals surface area contributed by atoms with Crippen molar-refractivity contribution in [2.24, 2.45) is 0 Å². The molecular weight excluding hydrogens is 222 g/mol. The summed E-state index contributed by atoms with van der Waals surface area (Å²) in [5.74, 6) is 0. The SMILES string of the molecule is Cc1nc2cc(C(C)(C)C)nn2c(Cl)c1C.